The molecule has 94 valence electrons. The lowest BCUT2D eigenvalue weighted by molar-refractivity contribution is 0.412. The van der Waals surface area contributed by atoms with Crippen LogP contribution in [0.2, 0.25) is 0 Å². The van der Waals surface area contributed by atoms with Gasteiger partial charge in [0.05, 0.1) is 7.11 Å². The fourth-order valence-corrected chi connectivity index (χ4v) is 1.69. The van der Waals surface area contributed by atoms with Crippen molar-refractivity contribution in [1.82, 2.24) is 0 Å². The van der Waals surface area contributed by atoms with Crippen molar-refractivity contribution in [1.29, 1.82) is 0 Å². The smallest absolute Gasteiger partial charge is 0.130 e. The van der Waals surface area contributed by atoms with Gasteiger partial charge < -0.3 is 9.47 Å². The van der Waals surface area contributed by atoms with Crippen molar-refractivity contribution in [3.63, 3.8) is 0 Å². The van der Waals surface area contributed by atoms with Crippen LogP contribution >= 0.6 is 11.6 Å². The Morgan fingerprint density at radius 1 is 1.00 bits per heavy atom. The highest BCUT2D eigenvalue weighted by molar-refractivity contribution is 6.17. The summed E-state index contributed by atoms with van der Waals surface area (Å²) in [6.45, 7) is 0. The summed E-state index contributed by atoms with van der Waals surface area (Å²) in [4.78, 5) is 0. The lowest BCUT2D eigenvalue weighted by atomic mass is 10.2. The van der Waals surface area contributed by atoms with E-state index in [-0.39, 0.29) is 11.7 Å². The first-order valence-electron chi connectivity index (χ1n) is 5.38. The van der Waals surface area contributed by atoms with Crippen LogP contribution in [-0.2, 0) is 5.88 Å². The molecule has 2 aromatic carbocycles. The van der Waals surface area contributed by atoms with E-state index in [1.54, 1.807) is 37.4 Å². The van der Waals surface area contributed by atoms with Gasteiger partial charge in [-0.2, -0.15) is 0 Å². The molecule has 2 nitrogen and oxygen atoms in total. The first-order valence-corrected chi connectivity index (χ1v) is 5.92. The highest BCUT2D eigenvalue weighted by atomic mass is 35.5. The molecule has 0 aliphatic rings. The summed E-state index contributed by atoms with van der Waals surface area (Å²) in [5.74, 6) is 1.66. The Hall–Kier alpha value is -1.74. The summed E-state index contributed by atoms with van der Waals surface area (Å²) < 4.78 is 23.9. The minimum atomic E-state index is -0.364. The van der Waals surface area contributed by atoms with E-state index in [0.717, 1.165) is 5.75 Å². The van der Waals surface area contributed by atoms with Gasteiger partial charge in [0.15, 0.2) is 0 Å². The van der Waals surface area contributed by atoms with E-state index in [4.69, 9.17) is 21.1 Å². The second kappa shape index (κ2) is 5.74. The van der Waals surface area contributed by atoms with Gasteiger partial charge >= 0.3 is 0 Å². The van der Waals surface area contributed by atoms with Crippen molar-refractivity contribution in [2.24, 2.45) is 0 Å². The number of rotatable bonds is 4. The Morgan fingerprint density at radius 2 is 1.67 bits per heavy atom. The first kappa shape index (κ1) is 12.7. The van der Waals surface area contributed by atoms with Crippen molar-refractivity contribution in [3.05, 3.63) is 53.8 Å². The van der Waals surface area contributed by atoms with Crippen LogP contribution in [0.3, 0.4) is 0 Å². The van der Waals surface area contributed by atoms with E-state index in [9.17, 15) is 4.39 Å². The van der Waals surface area contributed by atoms with Crippen LogP contribution in [0.1, 0.15) is 5.56 Å². The van der Waals surface area contributed by atoms with Crippen molar-refractivity contribution in [3.8, 4) is 17.2 Å². The maximum atomic E-state index is 13.3. The molecule has 0 saturated heterocycles. The minimum absolute atomic E-state index is 0.247. The molecule has 0 unspecified atom stereocenters. The average molecular weight is 267 g/mol. The molecule has 0 radical (unpaired) electrons. The largest absolute Gasteiger partial charge is 0.497 e. The molecule has 0 aliphatic carbocycles. The number of halogens is 2. The first-order chi connectivity index (χ1) is 8.71. The van der Waals surface area contributed by atoms with Gasteiger partial charge in [-0.1, -0.05) is 0 Å². The van der Waals surface area contributed by atoms with Crippen LogP contribution in [0.4, 0.5) is 4.39 Å². The molecular formula is C14H12ClFO2. The van der Waals surface area contributed by atoms with E-state index in [0.29, 0.717) is 17.1 Å². The van der Waals surface area contributed by atoms with Gasteiger partial charge in [-0.15, -0.1) is 11.6 Å². The lowest BCUT2D eigenvalue weighted by Gasteiger charge is -2.08. The molecule has 0 bridgehead atoms. The number of hydrogen-bond acceptors (Lipinski definition) is 2. The fourth-order valence-electron chi connectivity index (χ4n) is 1.54. The molecular weight excluding hydrogens is 255 g/mol. The molecule has 0 amide bonds. The second-order valence-electron chi connectivity index (χ2n) is 3.71. The van der Waals surface area contributed by atoms with Gasteiger partial charge in [-0.25, -0.2) is 4.39 Å². The summed E-state index contributed by atoms with van der Waals surface area (Å²) >= 11 is 5.67. The maximum Gasteiger partial charge on any atom is 0.130 e. The fraction of sp³-hybridized carbons (Fsp3) is 0.143. The molecule has 18 heavy (non-hydrogen) atoms. The van der Waals surface area contributed by atoms with Crippen LogP contribution < -0.4 is 9.47 Å². The molecule has 0 atom stereocenters. The Labute approximate surface area is 110 Å². The molecule has 0 saturated carbocycles. The quantitative estimate of drug-likeness (QED) is 0.765. The molecule has 0 heterocycles. The highest BCUT2D eigenvalue weighted by Gasteiger charge is 2.03. The van der Waals surface area contributed by atoms with Crippen molar-refractivity contribution in [2.45, 2.75) is 5.88 Å². The van der Waals surface area contributed by atoms with Crippen LogP contribution in [0, 0.1) is 5.82 Å². The molecule has 0 fully saturated rings. The predicted molar refractivity (Wildman–Crippen MR) is 69.0 cm³/mol. The Balaban J connectivity index is 2.19. The van der Waals surface area contributed by atoms with Gasteiger partial charge in [0.2, 0.25) is 0 Å². The Bertz CT molecular complexity index is 526. The third-order valence-corrected chi connectivity index (χ3v) is 2.69. The SMILES string of the molecule is COc1ccc(Oc2cc(F)cc(CCl)c2)cc1. The summed E-state index contributed by atoms with van der Waals surface area (Å²) in [5.41, 5.74) is 0.681. The molecule has 2 aromatic rings. The summed E-state index contributed by atoms with van der Waals surface area (Å²) in [6.07, 6.45) is 0. The normalized spacial score (nSPS) is 10.2. The van der Waals surface area contributed by atoms with Gasteiger partial charge in [0.1, 0.15) is 23.1 Å². The molecule has 2 rings (SSSR count). The molecule has 4 heteroatoms. The third kappa shape index (κ3) is 3.14. The third-order valence-electron chi connectivity index (χ3n) is 2.38. The zero-order chi connectivity index (χ0) is 13.0. The predicted octanol–water partition coefficient (Wildman–Crippen LogP) is 4.37. The van der Waals surface area contributed by atoms with E-state index in [1.165, 1.54) is 12.1 Å². The summed E-state index contributed by atoms with van der Waals surface area (Å²) in [6, 6.07) is 11.5. The van der Waals surface area contributed by atoms with Crippen LogP contribution in [0.15, 0.2) is 42.5 Å². The van der Waals surface area contributed by atoms with E-state index in [2.05, 4.69) is 0 Å². The second-order valence-corrected chi connectivity index (χ2v) is 3.97. The van der Waals surface area contributed by atoms with E-state index >= 15 is 0 Å². The van der Waals surface area contributed by atoms with Gasteiger partial charge in [-0.05, 0) is 42.0 Å². The molecule has 0 aromatic heterocycles. The van der Waals surface area contributed by atoms with Crippen LogP contribution in [-0.4, -0.2) is 7.11 Å². The standard InChI is InChI=1S/C14H12ClFO2/c1-17-12-2-4-13(5-3-12)18-14-7-10(9-15)6-11(16)8-14/h2-8H,9H2,1H3. The monoisotopic (exact) mass is 266 g/mol. The number of alkyl halides is 1. The number of methoxy groups -OCH3 is 1. The van der Waals surface area contributed by atoms with E-state index in [1.807, 2.05) is 0 Å². The Morgan fingerprint density at radius 3 is 2.28 bits per heavy atom. The van der Waals surface area contributed by atoms with Crippen LogP contribution in [0.25, 0.3) is 0 Å². The van der Waals surface area contributed by atoms with Crippen molar-refractivity contribution >= 4 is 11.6 Å². The van der Waals surface area contributed by atoms with Gasteiger partial charge in [0.25, 0.3) is 0 Å². The van der Waals surface area contributed by atoms with Crippen molar-refractivity contribution < 1.29 is 13.9 Å². The maximum absolute atomic E-state index is 13.3. The Kier molecular flexibility index (Phi) is 4.05. The van der Waals surface area contributed by atoms with Crippen molar-refractivity contribution in [2.75, 3.05) is 7.11 Å². The molecule has 0 N–H and O–H groups in total. The minimum Gasteiger partial charge on any atom is -0.497 e. The average Bonchev–Trinajstić information content (AvgIpc) is 2.39. The van der Waals surface area contributed by atoms with Gasteiger partial charge in [0, 0.05) is 11.9 Å². The highest BCUT2D eigenvalue weighted by Crippen LogP contribution is 2.25. The summed E-state index contributed by atoms with van der Waals surface area (Å²) in [7, 11) is 1.59. The van der Waals surface area contributed by atoms with E-state index < -0.39 is 0 Å². The number of benzene rings is 2. The number of hydrogen-bond donors (Lipinski definition) is 0. The zero-order valence-electron chi connectivity index (χ0n) is 9.82. The molecule has 0 aliphatic heterocycles. The van der Waals surface area contributed by atoms with Gasteiger partial charge in [-0.3, -0.25) is 0 Å². The van der Waals surface area contributed by atoms with Crippen LogP contribution in [0.5, 0.6) is 17.2 Å². The molecule has 0 spiro atoms. The lowest BCUT2D eigenvalue weighted by Crippen LogP contribution is -1.89. The summed E-state index contributed by atoms with van der Waals surface area (Å²) in [5, 5.41) is 0. The number of ether oxygens (including phenoxy) is 2. The zero-order valence-corrected chi connectivity index (χ0v) is 10.6. The topological polar surface area (TPSA) is 18.5 Å².